The van der Waals surface area contributed by atoms with Crippen LogP contribution in [-0.4, -0.2) is 9.97 Å². The summed E-state index contributed by atoms with van der Waals surface area (Å²) < 4.78 is 12.9. The number of halogens is 1. The summed E-state index contributed by atoms with van der Waals surface area (Å²) in [5.41, 5.74) is 7.21. The van der Waals surface area contributed by atoms with Crippen LogP contribution >= 0.6 is 0 Å². The molecule has 0 aliphatic heterocycles. The van der Waals surface area contributed by atoms with Gasteiger partial charge in [-0.2, -0.15) is 0 Å². The van der Waals surface area contributed by atoms with E-state index in [1.165, 1.54) is 12.1 Å². The van der Waals surface area contributed by atoms with Gasteiger partial charge in [0.1, 0.15) is 17.5 Å². The van der Waals surface area contributed by atoms with Crippen molar-refractivity contribution in [2.24, 2.45) is 5.73 Å². The van der Waals surface area contributed by atoms with Gasteiger partial charge in [-0.3, -0.25) is 0 Å². The first-order valence-corrected chi connectivity index (χ1v) is 6.24. The van der Waals surface area contributed by atoms with Gasteiger partial charge in [-0.25, -0.2) is 14.4 Å². The average Bonchev–Trinajstić information content (AvgIpc) is 2.49. The highest BCUT2D eigenvalue weighted by Crippen LogP contribution is 2.23. The molecule has 0 atom stereocenters. The number of rotatable bonds is 3. The van der Waals surface area contributed by atoms with Gasteiger partial charge in [0.25, 0.3) is 0 Å². The number of nitrogens with zero attached hydrogens (tertiary/aromatic N) is 2. The normalized spacial score (nSPS) is 10.7. The molecule has 0 aliphatic carbocycles. The van der Waals surface area contributed by atoms with E-state index in [1.807, 2.05) is 24.3 Å². The third kappa shape index (κ3) is 2.44. The minimum Gasteiger partial charge on any atom is -0.340 e. The molecule has 4 nitrogen and oxygen atoms in total. The van der Waals surface area contributed by atoms with Crippen molar-refractivity contribution in [1.82, 2.24) is 9.97 Å². The van der Waals surface area contributed by atoms with E-state index in [4.69, 9.17) is 5.73 Å². The summed E-state index contributed by atoms with van der Waals surface area (Å²) in [5.74, 6) is 0.960. The zero-order valence-electron chi connectivity index (χ0n) is 10.7. The fourth-order valence-electron chi connectivity index (χ4n) is 1.98. The number of nitrogens with one attached hydrogen (secondary N) is 1. The summed E-state index contributed by atoms with van der Waals surface area (Å²) in [6, 6.07) is 13.8. The van der Waals surface area contributed by atoms with Crippen molar-refractivity contribution in [2.45, 2.75) is 6.54 Å². The van der Waals surface area contributed by atoms with Crippen LogP contribution in [0.2, 0.25) is 0 Å². The Labute approximate surface area is 115 Å². The summed E-state index contributed by atoms with van der Waals surface area (Å²) >= 11 is 0. The van der Waals surface area contributed by atoms with E-state index >= 15 is 0 Å². The van der Waals surface area contributed by atoms with Crippen LogP contribution in [0.3, 0.4) is 0 Å². The molecule has 0 saturated carbocycles. The first-order valence-electron chi connectivity index (χ1n) is 6.24. The van der Waals surface area contributed by atoms with Gasteiger partial charge in [-0.05, 0) is 36.4 Å². The summed E-state index contributed by atoms with van der Waals surface area (Å²) in [4.78, 5) is 8.77. The monoisotopic (exact) mass is 268 g/mol. The zero-order valence-corrected chi connectivity index (χ0v) is 10.7. The Bertz CT molecular complexity index is 740. The molecule has 2 aromatic carbocycles. The van der Waals surface area contributed by atoms with Crippen LogP contribution in [0.25, 0.3) is 10.9 Å². The third-order valence-corrected chi connectivity index (χ3v) is 2.94. The Balaban J connectivity index is 2.07. The molecule has 3 rings (SSSR count). The van der Waals surface area contributed by atoms with Crippen molar-refractivity contribution < 1.29 is 4.39 Å². The van der Waals surface area contributed by atoms with Gasteiger partial charge in [0, 0.05) is 11.1 Å². The molecule has 0 spiro atoms. The molecule has 0 bridgehead atoms. The largest absolute Gasteiger partial charge is 0.340 e. The second kappa shape index (κ2) is 5.22. The lowest BCUT2D eigenvalue weighted by Crippen LogP contribution is -2.06. The molecule has 20 heavy (non-hydrogen) atoms. The van der Waals surface area contributed by atoms with Crippen molar-refractivity contribution >= 4 is 22.4 Å². The van der Waals surface area contributed by atoms with E-state index in [2.05, 4.69) is 15.3 Å². The lowest BCUT2D eigenvalue weighted by molar-refractivity contribution is 0.628. The van der Waals surface area contributed by atoms with Gasteiger partial charge in [0.05, 0.1) is 12.1 Å². The van der Waals surface area contributed by atoms with E-state index in [-0.39, 0.29) is 12.4 Å². The van der Waals surface area contributed by atoms with Crippen molar-refractivity contribution in [3.63, 3.8) is 0 Å². The van der Waals surface area contributed by atoms with Gasteiger partial charge < -0.3 is 11.1 Å². The van der Waals surface area contributed by atoms with Crippen molar-refractivity contribution in [1.29, 1.82) is 0 Å². The second-order valence-corrected chi connectivity index (χ2v) is 4.34. The Kier molecular flexibility index (Phi) is 3.26. The molecule has 0 amide bonds. The van der Waals surface area contributed by atoms with Crippen LogP contribution in [0.4, 0.5) is 15.9 Å². The van der Waals surface area contributed by atoms with Gasteiger partial charge in [-0.15, -0.1) is 0 Å². The quantitative estimate of drug-likeness (QED) is 0.766. The summed E-state index contributed by atoms with van der Waals surface area (Å²) in [6.45, 7) is 0.267. The number of hydrogen-bond donors (Lipinski definition) is 2. The minimum absolute atomic E-state index is 0.267. The van der Waals surface area contributed by atoms with Crippen LogP contribution in [0.5, 0.6) is 0 Å². The molecule has 3 aromatic rings. The number of para-hydroxylation sites is 1. The first kappa shape index (κ1) is 12.5. The van der Waals surface area contributed by atoms with Crippen LogP contribution in [0.15, 0.2) is 48.5 Å². The van der Waals surface area contributed by atoms with Crippen molar-refractivity contribution in [2.75, 3.05) is 5.32 Å². The molecular formula is C15H13FN4. The zero-order chi connectivity index (χ0) is 13.9. The predicted octanol–water partition coefficient (Wildman–Crippen LogP) is 2.97. The van der Waals surface area contributed by atoms with E-state index in [0.29, 0.717) is 11.6 Å². The lowest BCUT2D eigenvalue weighted by atomic mass is 10.2. The Morgan fingerprint density at radius 3 is 2.50 bits per heavy atom. The highest BCUT2D eigenvalue weighted by molar-refractivity contribution is 5.90. The van der Waals surface area contributed by atoms with Crippen LogP contribution < -0.4 is 11.1 Å². The fourth-order valence-corrected chi connectivity index (χ4v) is 1.98. The molecule has 0 aliphatic rings. The minimum atomic E-state index is -0.272. The van der Waals surface area contributed by atoms with Gasteiger partial charge in [-0.1, -0.05) is 12.1 Å². The molecule has 100 valence electrons. The van der Waals surface area contributed by atoms with Gasteiger partial charge in [0.15, 0.2) is 0 Å². The number of aromatic nitrogens is 2. The van der Waals surface area contributed by atoms with Crippen LogP contribution in [0, 0.1) is 5.82 Å². The summed E-state index contributed by atoms with van der Waals surface area (Å²) in [5, 5.41) is 4.07. The maximum absolute atomic E-state index is 12.9. The Hall–Kier alpha value is -2.53. The summed E-state index contributed by atoms with van der Waals surface area (Å²) in [6.07, 6.45) is 0. The standard InChI is InChI=1S/C15H13FN4/c16-10-5-7-11(8-6-10)18-15-12-3-1-2-4-13(12)19-14(9-17)20-15/h1-8H,9,17H2,(H,18,19,20). The molecule has 1 heterocycles. The Morgan fingerprint density at radius 1 is 1.00 bits per heavy atom. The molecule has 0 radical (unpaired) electrons. The molecule has 0 unspecified atom stereocenters. The third-order valence-electron chi connectivity index (χ3n) is 2.94. The first-order chi connectivity index (χ1) is 9.76. The molecule has 3 N–H and O–H groups in total. The number of fused-ring (bicyclic) bond motifs is 1. The highest BCUT2D eigenvalue weighted by Gasteiger charge is 2.07. The number of hydrogen-bond acceptors (Lipinski definition) is 4. The van der Waals surface area contributed by atoms with E-state index in [0.717, 1.165) is 16.6 Å². The van der Waals surface area contributed by atoms with E-state index < -0.39 is 0 Å². The Morgan fingerprint density at radius 2 is 1.75 bits per heavy atom. The molecule has 5 heteroatoms. The van der Waals surface area contributed by atoms with E-state index in [1.54, 1.807) is 12.1 Å². The maximum Gasteiger partial charge on any atom is 0.144 e. The van der Waals surface area contributed by atoms with Crippen LogP contribution in [-0.2, 0) is 6.54 Å². The molecule has 1 aromatic heterocycles. The highest BCUT2D eigenvalue weighted by atomic mass is 19.1. The number of benzene rings is 2. The lowest BCUT2D eigenvalue weighted by Gasteiger charge is -2.10. The molecule has 0 fully saturated rings. The molecule has 0 saturated heterocycles. The van der Waals surface area contributed by atoms with Crippen molar-refractivity contribution in [3.8, 4) is 0 Å². The molecular weight excluding hydrogens is 255 g/mol. The SMILES string of the molecule is NCc1nc(Nc2ccc(F)cc2)c2ccccc2n1. The average molecular weight is 268 g/mol. The predicted molar refractivity (Wildman–Crippen MR) is 77.1 cm³/mol. The topological polar surface area (TPSA) is 63.8 Å². The van der Waals surface area contributed by atoms with Gasteiger partial charge >= 0.3 is 0 Å². The van der Waals surface area contributed by atoms with Crippen LogP contribution in [0.1, 0.15) is 5.82 Å². The number of nitrogens with two attached hydrogens (primary N) is 1. The second-order valence-electron chi connectivity index (χ2n) is 4.34. The smallest absolute Gasteiger partial charge is 0.144 e. The van der Waals surface area contributed by atoms with E-state index in [9.17, 15) is 4.39 Å². The maximum atomic E-state index is 12.9. The number of anilines is 2. The summed E-state index contributed by atoms with van der Waals surface area (Å²) in [7, 11) is 0. The van der Waals surface area contributed by atoms with Gasteiger partial charge in [0.2, 0.25) is 0 Å². The fraction of sp³-hybridized carbons (Fsp3) is 0.0667. The van der Waals surface area contributed by atoms with Crippen molar-refractivity contribution in [3.05, 3.63) is 60.2 Å².